The third kappa shape index (κ3) is 5.57. The van der Waals surface area contributed by atoms with Crippen LogP contribution in [0.4, 0.5) is 0 Å². The number of carbonyl (C=O) groups excluding carboxylic acids is 1. The first-order chi connectivity index (χ1) is 15.6. The molecule has 1 atom stereocenters. The van der Waals surface area contributed by atoms with E-state index in [1.807, 2.05) is 6.07 Å². The van der Waals surface area contributed by atoms with Crippen LogP contribution in [-0.2, 0) is 17.8 Å². The van der Waals surface area contributed by atoms with Crippen molar-refractivity contribution in [3.05, 3.63) is 101 Å². The highest BCUT2D eigenvalue weighted by Crippen LogP contribution is 2.37. The molecule has 0 spiro atoms. The molecule has 4 heteroatoms. The number of nitrogens with one attached hydrogen (secondary N) is 1. The summed E-state index contributed by atoms with van der Waals surface area (Å²) >= 11 is 0. The highest BCUT2D eigenvalue weighted by Gasteiger charge is 2.29. The summed E-state index contributed by atoms with van der Waals surface area (Å²) in [6, 6.07) is 27.7. The normalized spacial score (nSPS) is 15.9. The van der Waals surface area contributed by atoms with Crippen LogP contribution in [0.1, 0.15) is 42.1 Å². The maximum absolute atomic E-state index is 12.1. The molecular formula is C28H32N2O2. The van der Waals surface area contributed by atoms with Crippen LogP contribution in [0.15, 0.2) is 78.9 Å². The largest absolute Gasteiger partial charge is 0.484 e. The van der Waals surface area contributed by atoms with Gasteiger partial charge in [-0.1, -0.05) is 80.6 Å². The molecule has 166 valence electrons. The summed E-state index contributed by atoms with van der Waals surface area (Å²) in [6.45, 7) is 6.75. The molecule has 1 amide bonds. The maximum Gasteiger partial charge on any atom is 0.257 e. The Kier molecular flexibility index (Phi) is 7.23. The van der Waals surface area contributed by atoms with Crippen LogP contribution in [0.5, 0.6) is 5.75 Å². The lowest BCUT2D eigenvalue weighted by molar-refractivity contribution is -0.123. The minimum absolute atomic E-state index is 0.0369. The number of benzene rings is 3. The molecule has 0 saturated heterocycles. The lowest BCUT2D eigenvalue weighted by atomic mass is 9.87. The first kappa shape index (κ1) is 22.1. The molecule has 0 unspecified atom stereocenters. The van der Waals surface area contributed by atoms with Crippen molar-refractivity contribution in [2.75, 3.05) is 19.7 Å². The molecule has 0 aliphatic carbocycles. The van der Waals surface area contributed by atoms with E-state index in [1.54, 1.807) is 0 Å². The van der Waals surface area contributed by atoms with E-state index < -0.39 is 0 Å². The fraction of sp³-hybridized carbons (Fsp3) is 0.321. The smallest absolute Gasteiger partial charge is 0.257 e. The Bertz CT molecular complexity index is 1020. The summed E-state index contributed by atoms with van der Waals surface area (Å²) in [5.41, 5.74) is 5.19. The van der Waals surface area contributed by atoms with E-state index in [4.69, 9.17) is 4.74 Å². The number of carbonyl (C=O) groups is 1. The molecular weight excluding hydrogens is 396 g/mol. The Morgan fingerprint density at radius 3 is 2.47 bits per heavy atom. The standard InChI is InChI=1S/C28H32N2O2/c1-21(2)18-29-27(31)20-32-25-14-13-23-15-16-30(19-22-9-5-3-6-10-22)28(26(23)17-25)24-11-7-4-8-12-24/h3-14,17,21,28H,15-16,18-20H2,1-2H3,(H,29,31)/t28-/m0/s1. The lowest BCUT2D eigenvalue weighted by Crippen LogP contribution is -2.35. The average molecular weight is 429 g/mol. The highest BCUT2D eigenvalue weighted by molar-refractivity contribution is 5.77. The van der Waals surface area contributed by atoms with E-state index in [-0.39, 0.29) is 18.6 Å². The van der Waals surface area contributed by atoms with Gasteiger partial charge in [0.1, 0.15) is 5.75 Å². The number of fused-ring (bicyclic) bond motifs is 1. The lowest BCUT2D eigenvalue weighted by Gasteiger charge is -2.38. The van der Waals surface area contributed by atoms with Gasteiger partial charge in [-0.2, -0.15) is 0 Å². The van der Waals surface area contributed by atoms with E-state index >= 15 is 0 Å². The average Bonchev–Trinajstić information content (AvgIpc) is 2.82. The van der Waals surface area contributed by atoms with Crippen LogP contribution in [-0.4, -0.2) is 30.5 Å². The Balaban J connectivity index is 1.57. The molecule has 1 aliphatic rings. The predicted octanol–water partition coefficient (Wildman–Crippen LogP) is 4.99. The molecule has 1 N–H and O–H groups in total. The first-order valence-electron chi connectivity index (χ1n) is 11.5. The van der Waals surface area contributed by atoms with Gasteiger partial charge in [0.2, 0.25) is 0 Å². The Labute approximate surface area is 191 Å². The Hall–Kier alpha value is -3.11. The molecule has 3 aromatic rings. The van der Waals surface area contributed by atoms with Crippen molar-refractivity contribution < 1.29 is 9.53 Å². The highest BCUT2D eigenvalue weighted by atomic mass is 16.5. The molecule has 0 fully saturated rings. The van der Waals surface area contributed by atoms with Gasteiger partial charge in [-0.25, -0.2) is 0 Å². The summed E-state index contributed by atoms with van der Waals surface area (Å²) in [4.78, 5) is 14.6. The maximum atomic E-state index is 12.1. The molecule has 4 rings (SSSR count). The van der Waals surface area contributed by atoms with Crippen LogP contribution < -0.4 is 10.1 Å². The summed E-state index contributed by atoms with van der Waals surface area (Å²) in [5.74, 6) is 1.08. The number of hydrogen-bond donors (Lipinski definition) is 1. The van der Waals surface area contributed by atoms with Crippen LogP contribution >= 0.6 is 0 Å². The molecule has 0 bridgehead atoms. The van der Waals surface area contributed by atoms with Gasteiger partial charge < -0.3 is 10.1 Å². The van der Waals surface area contributed by atoms with Crippen molar-refractivity contribution >= 4 is 5.91 Å². The second-order valence-corrected chi connectivity index (χ2v) is 8.87. The molecule has 0 saturated carbocycles. The fourth-order valence-electron chi connectivity index (χ4n) is 4.27. The molecule has 1 aliphatic heterocycles. The molecule has 0 radical (unpaired) electrons. The molecule has 32 heavy (non-hydrogen) atoms. The molecule has 0 aromatic heterocycles. The summed E-state index contributed by atoms with van der Waals surface area (Å²) < 4.78 is 5.87. The van der Waals surface area contributed by atoms with Gasteiger partial charge in [-0.15, -0.1) is 0 Å². The number of hydrogen-bond acceptors (Lipinski definition) is 3. The van der Waals surface area contributed by atoms with Crippen LogP contribution in [0, 0.1) is 5.92 Å². The number of rotatable bonds is 8. The fourth-order valence-corrected chi connectivity index (χ4v) is 4.27. The number of nitrogens with zero attached hydrogens (tertiary/aromatic N) is 1. The number of amides is 1. The van der Waals surface area contributed by atoms with Crippen LogP contribution in [0.3, 0.4) is 0 Å². The van der Waals surface area contributed by atoms with Crippen molar-refractivity contribution in [2.24, 2.45) is 5.92 Å². The third-order valence-corrected chi connectivity index (χ3v) is 5.87. The van der Waals surface area contributed by atoms with Gasteiger partial charge in [0.25, 0.3) is 5.91 Å². The van der Waals surface area contributed by atoms with E-state index in [2.05, 4.69) is 96.9 Å². The number of ether oxygens (including phenoxy) is 1. The zero-order valence-electron chi connectivity index (χ0n) is 19.0. The van der Waals surface area contributed by atoms with Crippen molar-refractivity contribution in [1.82, 2.24) is 10.2 Å². The van der Waals surface area contributed by atoms with Crippen molar-refractivity contribution in [2.45, 2.75) is 32.9 Å². The topological polar surface area (TPSA) is 41.6 Å². The van der Waals surface area contributed by atoms with Gasteiger partial charge in [-0.05, 0) is 46.7 Å². The van der Waals surface area contributed by atoms with E-state index in [0.29, 0.717) is 12.5 Å². The SMILES string of the molecule is CC(C)CNC(=O)COc1ccc2c(c1)[C@H](c1ccccc1)N(Cc1ccccc1)CC2. The van der Waals surface area contributed by atoms with Gasteiger partial charge in [0.15, 0.2) is 6.61 Å². The van der Waals surface area contributed by atoms with Gasteiger partial charge in [0, 0.05) is 19.6 Å². The van der Waals surface area contributed by atoms with E-state index in [1.165, 1.54) is 22.3 Å². The van der Waals surface area contributed by atoms with Gasteiger partial charge >= 0.3 is 0 Å². The first-order valence-corrected chi connectivity index (χ1v) is 11.5. The zero-order chi connectivity index (χ0) is 22.3. The summed E-state index contributed by atoms with van der Waals surface area (Å²) in [5, 5.41) is 2.91. The van der Waals surface area contributed by atoms with Crippen molar-refractivity contribution in [3.8, 4) is 5.75 Å². The minimum atomic E-state index is -0.0817. The molecule has 4 nitrogen and oxygen atoms in total. The second kappa shape index (κ2) is 10.5. The third-order valence-electron chi connectivity index (χ3n) is 5.87. The van der Waals surface area contributed by atoms with Crippen molar-refractivity contribution in [1.29, 1.82) is 0 Å². The van der Waals surface area contributed by atoms with Crippen LogP contribution in [0.2, 0.25) is 0 Å². The van der Waals surface area contributed by atoms with E-state index in [9.17, 15) is 4.79 Å². The molecule has 3 aromatic carbocycles. The van der Waals surface area contributed by atoms with E-state index in [0.717, 1.165) is 25.3 Å². The minimum Gasteiger partial charge on any atom is -0.484 e. The summed E-state index contributed by atoms with van der Waals surface area (Å²) in [6.07, 6.45) is 1.00. The molecule has 1 heterocycles. The second-order valence-electron chi connectivity index (χ2n) is 8.87. The monoisotopic (exact) mass is 428 g/mol. The van der Waals surface area contributed by atoms with Crippen molar-refractivity contribution in [3.63, 3.8) is 0 Å². The van der Waals surface area contributed by atoms with Gasteiger partial charge in [0.05, 0.1) is 6.04 Å². The Morgan fingerprint density at radius 2 is 1.75 bits per heavy atom. The van der Waals surface area contributed by atoms with Gasteiger partial charge in [-0.3, -0.25) is 9.69 Å². The predicted molar refractivity (Wildman–Crippen MR) is 129 cm³/mol. The summed E-state index contributed by atoms with van der Waals surface area (Å²) in [7, 11) is 0. The van der Waals surface area contributed by atoms with Crippen LogP contribution in [0.25, 0.3) is 0 Å². The zero-order valence-corrected chi connectivity index (χ0v) is 19.0. The Morgan fingerprint density at radius 1 is 1.03 bits per heavy atom. The quantitative estimate of drug-likeness (QED) is 0.550.